The Labute approximate surface area is 166 Å². The van der Waals surface area contributed by atoms with Crippen molar-refractivity contribution in [2.45, 2.75) is 45.6 Å². The van der Waals surface area contributed by atoms with Crippen LogP contribution in [0.15, 0.2) is 48.5 Å². The molecule has 0 bridgehead atoms. The van der Waals surface area contributed by atoms with E-state index < -0.39 is 6.10 Å². The van der Waals surface area contributed by atoms with Gasteiger partial charge >= 0.3 is 0 Å². The van der Waals surface area contributed by atoms with Gasteiger partial charge in [0.05, 0.1) is 6.54 Å². The second kappa shape index (κ2) is 9.65. The Bertz CT molecular complexity index is 738. The van der Waals surface area contributed by atoms with E-state index in [-0.39, 0.29) is 11.3 Å². The van der Waals surface area contributed by atoms with Gasteiger partial charge in [0.2, 0.25) is 0 Å². The summed E-state index contributed by atoms with van der Waals surface area (Å²) in [5, 5.41) is 3.43. The molecule has 0 heterocycles. The Kier molecular flexibility index (Phi) is 7.55. The quantitative estimate of drug-likeness (QED) is 0.647. The van der Waals surface area contributed by atoms with E-state index in [9.17, 15) is 4.79 Å². The van der Waals surface area contributed by atoms with Crippen molar-refractivity contribution in [3.63, 3.8) is 0 Å². The molecular formula is C22H28ClNO3. The minimum Gasteiger partial charge on any atom is -0.492 e. The Morgan fingerprint density at radius 2 is 1.81 bits per heavy atom. The van der Waals surface area contributed by atoms with Crippen LogP contribution in [0.4, 0.5) is 0 Å². The summed E-state index contributed by atoms with van der Waals surface area (Å²) in [6.07, 6.45) is 0.00235. The van der Waals surface area contributed by atoms with Crippen LogP contribution in [0.25, 0.3) is 0 Å². The van der Waals surface area contributed by atoms with Crippen LogP contribution in [-0.4, -0.2) is 25.2 Å². The van der Waals surface area contributed by atoms with Crippen LogP contribution in [0.1, 0.15) is 39.7 Å². The van der Waals surface area contributed by atoms with Crippen LogP contribution in [-0.2, 0) is 10.2 Å². The predicted octanol–water partition coefficient (Wildman–Crippen LogP) is 4.99. The van der Waals surface area contributed by atoms with E-state index in [4.69, 9.17) is 21.1 Å². The summed E-state index contributed by atoms with van der Waals surface area (Å²) >= 11 is 5.95. The first-order valence-corrected chi connectivity index (χ1v) is 9.60. The number of carbonyl (C=O) groups excluding carboxylic acids is 1. The molecule has 0 spiro atoms. The highest BCUT2D eigenvalue weighted by Crippen LogP contribution is 2.24. The Morgan fingerprint density at radius 1 is 1.11 bits per heavy atom. The van der Waals surface area contributed by atoms with Gasteiger partial charge in [0, 0.05) is 5.02 Å². The van der Waals surface area contributed by atoms with Gasteiger partial charge in [0.1, 0.15) is 18.1 Å². The molecule has 2 aromatic rings. The van der Waals surface area contributed by atoms with Crippen LogP contribution in [0.5, 0.6) is 11.5 Å². The zero-order chi connectivity index (χ0) is 19.9. The Hall–Kier alpha value is -2.20. The van der Waals surface area contributed by atoms with E-state index in [0.717, 1.165) is 5.75 Å². The third-order valence-electron chi connectivity index (χ3n) is 4.13. The van der Waals surface area contributed by atoms with Gasteiger partial charge in [-0.25, -0.2) is 0 Å². The monoisotopic (exact) mass is 389 g/mol. The molecule has 1 amide bonds. The molecule has 5 heteroatoms. The van der Waals surface area contributed by atoms with Crippen LogP contribution in [0.3, 0.4) is 0 Å². The van der Waals surface area contributed by atoms with Gasteiger partial charge in [-0.15, -0.1) is 0 Å². The largest absolute Gasteiger partial charge is 0.492 e. The molecule has 0 saturated heterocycles. The van der Waals surface area contributed by atoms with Crippen LogP contribution < -0.4 is 14.8 Å². The molecule has 0 aliphatic heterocycles. The van der Waals surface area contributed by atoms with E-state index in [2.05, 4.69) is 38.2 Å². The highest BCUT2D eigenvalue weighted by Gasteiger charge is 2.18. The summed E-state index contributed by atoms with van der Waals surface area (Å²) in [4.78, 5) is 12.3. The van der Waals surface area contributed by atoms with Crippen molar-refractivity contribution in [2.24, 2.45) is 0 Å². The Morgan fingerprint density at radius 3 is 2.41 bits per heavy atom. The average Bonchev–Trinajstić information content (AvgIpc) is 2.63. The summed E-state index contributed by atoms with van der Waals surface area (Å²) in [5.74, 6) is 1.21. The molecule has 0 radical (unpaired) electrons. The molecule has 0 fully saturated rings. The molecule has 1 atom stereocenters. The molecule has 27 heavy (non-hydrogen) atoms. The molecular weight excluding hydrogens is 362 g/mol. The van der Waals surface area contributed by atoms with E-state index in [1.165, 1.54) is 5.56 Å². The summed E-state index contributed by atoms with van der Waals surface area (Å²) in [6.45, 7) is 9.24. The third kappa shape index (κ3) is 6.79. The maximum absolute atomic E-state index is 12.3. The topological polar surface area (TPSA) is 47.6 Å². The van der Waals surface area contributed by atoms with E-state index in [1.54, 1.807) is 24.3 Å². The zero-order valence-corrected chi connectivity index (χ0v) is 17.2. The first-order valence-electron chi connectivity index (χ1n) is 9.23. The maximum atomic E-state index is 12.3. The van der Waals surface area contributed by atoms with Crippen molar-refractivity contribution < 1.29 is 14.3 Å². The van der Waals surface area contributed by atoms with Gasteiger partial charge in [-0.1, -0.05) is 57.5 Å². The number of halogens is 1. The fraction of sp³-hybridized carbons (Fsp3) is 0.409. The van der Waals surface area contributed by atoms with Crippen molar-refractivity contribution >= 4 is 17.5 Å². The smallest absolute Gasteiger partial charge is 0.261 e. The number of hydrogen-bond acceptors (Lipinski definition) is 3. The summed E-state index contributed by atoms with van der Waals surface area (Å²) in [6, 6.07) is 15.1. The lowest BCUT2D eigenvalue weighted by molar-refractivity contribution is -0.128. The average molecular weight is 390 g/mol. The van der Waals surface area contributed by atoms with Gasteiger partial charge in [0.15, 0.2) is 6.10 Å². The molecule has 4 nitrogen and oxygen atoms in total. The SMILES string of the molecule is CC[C@H](Oc1cccc(Cl)c1)C(=O)NCCOc1ccc(C(C)(C)C)cc1. The second-order valence-electron chi connectivity index (χ2n) is 7.39. The van der Waals surface area contributed by atoms with Crippen molar-refractivity contribution in [1.29, 1.82) is 0 Å². The lowest BCUT2D eigenvalue weighted by Crippen LogP contribution is -2.39. The maximum Gasteiger partial charge on any atom is 0.261 e. The first kappa shape index (κ1) is 21.1. The zero-order valence-electron chi connectivity index (χ0n) is 16.4. The van der Waals surface area contributed by atoms with E-state index in [0.29, 0.717) is 30.3 Å². The minimum absolute atomic E-state index is 0.116. The Balaban J connectivity index is 1.77. The number of ether oxygens (including phenoxy) is 2. The minimum atomic E-state index is -0.561. The molecule has 146 valence electrons. The molecule has 0 aromatic heterocycles. The lowest BCUT2D eigenvalue weighted by atomic mass is 9.87. The summed E-state index contributed by atoms with van der Waals surface area (Å²) < 4.78 is 11.4. The van der Waals surface area contributed by atoms with Crippen LogP contribution in [0, 0.1) is 0 Å². The first-order chi connectivity index (χ1) is 12.8. The number of carbonyl (C=O) groups is 1. The molecule has 0 aliphatic rings. The summed E-state index contributed by atoms with van der Waals surface area (Å²) in [7, 11) is 0. The third-order valence-corrected chi connectivity index (χ3v) is 4.36. The highest BCUT2D eigenvalue weighted by molar-refractivity contribution is 6.30. The number of amides is 1. The molecule has 2 aromatic carbocycles. The number of hydrogen-bond donors (Lipinski definition) is 1. The van der Waals surface area contributed by atoms with Gasteiger partial charge in [-0.3, -0.25) is 4.79 Å². The number of benzene rings is 2. The van der Waals surface area contributed by atoms with E-state index >= 15 is 0 Å². The van der Waals surface area contributed by atoms with Crippen molar-refractivity contribution in [2.75, 3.05) is 13.2 Å². The van der Waals surface area contributed by atoms with Crippen molar-refractivity contribution in [3.8, 4) is 11.5 Å². The fourth-order valence-electron chi connectivity index (χ4n) is 2.53. The molecule has 2 rings (SSSR count). The van der Waals surface area contributed by atoms with Gasteiger partial charge in [-0.2, -0.15) is 0 Å². The van der Waals surface area contributed by atoms with Gasteiger partial charge in [0.25, 0.3) is 5.91 Å². The highest BCUT2D eigenvalue weighted by atomic mass is 35.5. The normalized spacial score (nSPS) is 12.3. The molecule has 0 aliphatic carbocycles. The lowest BCUT2D eigenvalue weighted by Gasteiger charge is -2.19. The van der Waals surface area contributed by atoms with Gasteiger partial charge in [-0.05, 0) is 47.7 Å². The van der Waals surface area contributed by atoms with Crippen LogP contribution in [0.2, 0.25) is 5.02 Å². The summed E-state index contributed by atoms with van der Waals surface area (Å²) in [5.41, 5.74) is 1.37. The van der Waals surface area contributed by atoms with Crippen LogP contribution >= 0.6 is 11.6 Å². The van der Waals surface area contributed by atoms with Crippen molar-refractivity contribution in [1.82, 2.24) is 5.32 Å². The number of nitrogens with one attached hydrogen (secondary N) is 1. The number of rotatable bonds is 8. The van der Waals surface area contributed by atoms with Gasteiger partial charge < -0.3 is 14.8 Å². The molecule has 0 saturated carbocycles. The molecule has 1 N–H and O–H groups in total. The second-order valence-corrected chi connectivity index (χ2v) is 7.82. The predicted molar refractivity (Wildman–Crippen MR) is 110 cm³/mol. The molecule has 0 unspecified atom stereocenters. The van der Waals surface area contributed by atoms with Crippen molar-refractivity contribution in [3.05, 3.63) is 59.1 Å². The standard InChI is InChI=1S/C22H28ClNO3/c1-5-20(27-19-8-6-7-17(23)15-19)21(25)24-13-14-26-18-11-9-16(10-12-18)22(2,3)4/h6-12,15,20H,5,13-14H2,1-4H3,(H,24,25)/t20-/m0/s1. The fourth-order valence-corrected chi connectivity index (χ4v) is 2.72. The van der Waals surface area contributed by atoms with E-state index in [1.807, 2.05) is 19.1 Å².